The van der Waals surface area contributed by atoms with Crippen molar-refractivity contribution in [2.75, 3.05) is 38.1 Å². The molecule has 0 unspecified atom stereocenters. The zero-order valence-electron chi connectivity index (χ0n) is 15.7. The highest BCUT2D eigenvalue weighted by molar-refractivity contribution is 7.91. The molecule has 0 spiro atoms. The Morgan fingerprint density at radius 1 is 0.966 bits per heavy atom. The molecule has 1 aliphatic heterocycles. The quantitative estimate of drug-likeness (QED) is 0.605. The molecule has 3 aromatic rings. The topological polar surface area (TPSA) is 66.7 Å². The Balaban J connectivity index is 1.85. The summed E-state index contributed by atoms with van der Waals surface area (Å²) in [7, 11) is -2.13. The van der Waals surface area contributed by atoms with E-state index in [0.29, 0.717) is 26.2 Å². The van der Waals surface area contributed by atoms with Crippen molar-refractivity contribution in [2.45, 2.75) is 9.92 Å². The number of nitrogens with zero attached hydrogens (tertiary/aromatic N) is 3. The molecule has 0 bridgehead atoms. The van der Waals surface area contributed by atoms with Crippen LogP contribution < -0.4 is 4.90 Å². The van der Waals surface area contributed by atoms with Gasteiger partial charge in [-0.2, -0.15) is 4.98 Å². The lowest BCUT2D eigenvalue weighted by atomic mass is 10.2. The van der Waals surface area contributed by atoms with Gasteiger partial charge in [0, 0.05) is 26.2 Å². The zero-order valence-corrected chi connectivity index (χ0v) is 16.5. The fourth-order valence-electron chi connectivity index (χ4n) is 3.16. The number of halogens is 2. The molecular formula is C20H19F2N3O3S. The Morgan fingerprint density at radius 2 is 1.62 bits per heavy atom. The molecule has 1 aliphatic rings. The highest BCUT2D eigenvalue weighted by Gasteiger charge is 2.33. The predicted octanol–water partition coefficient (Wildman–Crippen LogP) is 3.20. The van der Waals surface area contributed by atoms with Gasteiger partial charge in [-0.05, 0) is 43.4 Å². The summed E-state index contributed by atoms with van der Waals surface area (Å²) in [6.45, 7) is 2.50. The van der Waals surface area contributed by atoms with Crippen molar-refractivity contribution in [1.82, 2.24) is 9.88 Å². The van der Waals surface area contributed by atoms with Crippen molar-refractivity contribution in [2.24, 2.45) is 0 Å². The van der Waals surface area contributed by atoms with E-state index in [1.54, 1.807) is 11.0 Å². The van der Waals surface area contributed by atoms with Crippen molar-refractivity contribution < 1.29 is 21.6 Å². The number of benzene rings is 2. The predicted molar refractivity (Wildman–Crippen MR) is 103 cm³/mol. The van der Waals surface area contributed by atoms with E-state index in [4.69, 9.17) is 4.42 Å². The van der Waals surface area contributed by atoms with Crippen LogP contribution in [0.1, 0.15) is 0 Å². The summed E-state index contributed by atoms with van der Waals surface area (Å²) in [4.78, 5) is 7.95. The largest absolute Gasteiger partial charge is 0.419 e. The molecule has 0 aliphatic carbocycles. The summed E-state index contributed by atoms with van der Waals surface area (Å²) < 4.78 is 59.8. The zero-order chi connectivity index (χ0) is 20.6. The second-order valence-corrected chi connectivity index (χ2v) is 8.72. The van der Waals surface area contributed by atoms with E-state index in [2.05, 4.69) is 9.88 Å². The first kappa shape index (κ1) is 19.5. The first-order valence-electron chi connectivity index (χ1n) is 9.06. The third-order valence-corrected chi connectivity index (χ3v) is 6.52. The smallest absolute Gasteiger partial charge is 0.236 e. The van der Waals surface area contributed by atoms with Crippen molar-refractivity contribution in [1.29, 1.82) is 0 Å². The Labute approximate surface area is 167 Å². The maximum absolute atomic E-state index is 14.3. The Hall–Kier alpha value is -2.78. The number of likely N-dealkylation sites (N-methyl/N-ethyl adjacent to an activating group) is 1. The van der Waals surface area contributed by atoms with Crippen LogP contribution >= 0.6 is 0 Å². The van der Waals surface area contributed by atoms with Crippen LogP contribution in [0.2, 0.25) is 0 Å². The molecule has 0 saturated carbocycles. The number of rotatable bonds is 4. The molecule has 9 heteroatoms. The number of hydrogen-bond donors (Lipinski definition) is 0. The first-order valence-corrected chi connectivity index (χ1v) is 10.5. The van der Waals surface area contributed by atoms with Crippen LogP contribution in [0, 0.1) is 11.6 Å². The molecule has 1 saturated heterocycles. The molecule has 2 aromatic carbocycles. The van der Waals surface area contributed by atoms with E-state index < -0.39 is 21.5 Å². The number of anilines is 1. The lowest BCUT2D eigenvalue weighted by Crippen LogP contribution is -2.44. The third kappa shape index (κ3) is 3.75. The SMILES string of the molecule is CN1CCN(c2oc(-c3ccccc3F)nc2S(=O)(=O)c2ccc(F)cc2)CC1. The van der Waals surface area contributed by atoms with E-state index in [9.17, 15) is 17.2 Å². The third-order valence-electron chi connectivity index (χ3n) is 4.85. The highest BCUT2D eigenvalue weighted by Crippen LogP contribution is 2.35. The molecule has 0 atom stereocenters. The van der Waals surface area contributed by atoms with Gasteiger partial charge in [0.1, 0.15) is 11.6 Å². The van der Waals surface area contributed by atoms with Crippen LogP contribution in [0.15, 0.2) is 62.9 Å². The molecule has 29 heavy (non-hydrogen) atoms. The lowest BCUT2D eigenvalue weighted by molar-refractivity contribution is 0.305. The molecule has 0 radical (unpaired) electrons. The summed E-state index contributed by atoms with van der Waals surface area (Å²) in [6, 6.07) is 10.4. The van der Waals surface area contributed by atoms with Gasteiger partial charge < -0.3 is 14.2 Å². The van der Waals surface area contributed by atoms with Gasteiger partial charge in [0.25, 0.3) is 0 Å². The summed E-state index contributed by atoms with van der Waals surface area (Å²) in [6.07, 6.45) is 0. The average molecular weight is 419 g/mol. The fourth-order valence-corrected chi connectivity index (χ4v) is 4.48. The molecule has 152 valence electrons. The van der Waals surface area contributed by atoms with Gasteiger partial charge in [0.15, 0.2) is 0 Å². The summed E-state index contributed by atoms with van der Waals surface area (Å²) in [5.74, 6) is -1.15. The fraction of sp³-hybridized carbons (Fsp3) is 0.250. The Kier molecular flexibility index (Phi) is 5.10. The second kappa shape index (κ2) is 7.57. The van der Waals surface area contributed by atoms with E-state index in [-0.39, 0.29) is 27.3 Å². The van der Waals surface area contributed by atoms with Gasteiger partial charge >= 0.3 is 0 Å². The minimum atomic E-state index is -4.10. The molecule has 1 aromatic heterocycles. The Morgan fingerprint density at radius 3 is 2.28 bits per heavy atom. The molecule has 0 amide bonds. The molecular weight excluding hydrogens is 400 g/mol. The lowest BCUT2D eigenvalue weighted by Gasteiger charge is -2.32. The maximum Gasteiger partial charge on any atom is 0.236 e. The number of aromatic nitrogens is 1. The summed E-state index contributed by atoms with van der Waals surface area (Å²) in [5.41, 5.74) is 0.0726. The van der Waals surface area contributed by atoms with Crippen molar-refractivity contribution in [3.63, 3.8) is 0 Å². The monoisotopic (exact) mass is 419 g/mol. The average Bonchev–Trinajstić information content (AvgIpc) is 3.15. The van der Waals surface area contributed by atoms with Gasteiger partial charge in [-0.1, -0.05) is 12.1 Å². The molecule has 2 heterocycles. The minimum Gasteiger partial charge on any atom is -0.419 e. The molecule has 0 N–H and O–H groups in total. The molecule has 6 nitrogen and oxygen atoms in total. The maximum atomic E-state index is 14.3. The van der Waals surface area contributed by atoms with Gasteiger partial charge in [-0.3, -0.25) is 0 Å². The van der Waals surface area contributed by atoms with Gasteiger partial charge in [0.05, 0.1) is 10.5 Å². The van der Waals surface area contributed by atoms with Crippen LogP contribution in [0.25, 0.3) is 11.5 Å². The number of sulfone groups is 1. The van der Waals surface area contributed by atoms with Gasteiger partial charge in [0.2, 0.25) is 26.6 Å². The normalized spacial score (nSPS) is 15.6. The number of oxazole rings is 1. The van der Waals surface area contributed by atoms with Gasteiger partial charge in [-0.15, -0.1) is 0 Å². The van der Waals surface area contributed by atoms with E-state index >= 15 is 0 Å². The standard InChI is InChI=1S/C20H19F2N3O3S/c1-24-10-12-25(13-11-24)20-19(29(26,27)15-8-6-14(21)7-9-15)23-18(28-20)16-4-2-3-5-17(16)22/h2-9H,10-13H2,1H3. The first-order chi connectivity index (χ1) is 13.9. The Bertz CT molecular complexity index is 1120. The highest BCUT2D eigenvalue weighted by atomic mass is 32.2. The second-order valence-electron chi connectivity index (χ2n) is 6.86. The number of piperazine rings is 1. The van der Waals surface area contributed by atoms with Crippen molar-refractivity contribution >= 4 is 15.7 Å². The molecule has 4 rings (SSSR count). The van der Waals surface area contributed by atoms with E-state index in [0.717, 1.165) is 12.1 Å². The summed E-state index contributed by atoms with van der Waals surface area (Å²) in [5, 5.41) is -0.299. The summed E-state index contributed by atoms with van der Waals surface area (Å²) >= 11 is 0. The molecule has 1 fully saturated rings. The van der Waals surface area contributed by atoms with Crippen LogP contribution in [0.5, 0.6) is 0 Å². The van der Waals surface area contributed by atoms with Crippen LogP contribution in [0.4, 0.5) is 14.7 Å². The van der Waals surface area contributed by atoms with E-state index in [1.807, 2.05) is 7.05 Å². The van der Waals surface area contributed by atoms with Crippen LogP contribution in [-0.2, 0) is 9.84 Å². The number of hydrogen-bond acceptors (Lipinski definition) is 6. The van der Waals surface area contributed by atoms with E-state index in [1.165, 1.54) is 30.3 Å². The van der Waals surface area contributed by atoms with Crippen molar-refractivity contribution in [3.8, 4) is 11.5 Å². The van der Waals surface area contributed by atoms with Crippen molar-refractivity contribution in [3.05, 3.63) is 60.2 Å². The van der Waals surface area contributed by atoms with Crippen LogP contribution in [0.3, 0.4) is 0 Å². The minimum absolute atomic E-state index is 0.0701. The van der Waals surface area contributed by atoms with Crippen LogP contribution in [-0.4, -0.2) is 51.5 Å². The van der Waals surface area contributed by atoms with Gasteiger partial charge in [-0.25, -0.2) is 17.2 Å².